The summed E-state index contributed by atoms with van der Waals surface area (Å²) in [5, 5.41) is 29.3. The van der Waals surface area contributed by atoms with Gasteiger partial charge in [0.1, 0.15) is 0 Å². The van der Waals surface area contributed by atoms with Crippen LogP contribution in [0.4, 0.5) is 5.69 Å². The van der Waals surface area contributed by atoms with Gasteiger partial charge < -0.3 is 10.2 Å². The molecule has 0 bridgehead atoms. The molecule has 0 saturated heterocycles. The van der Waals surface area contributed by atoms with Crippen LogP contribution in [-0.4, -0.2) is 42.3 Å². The summed E-state index contributed by atoms with van der Waals surface area (Å²) in [6.45, 7) is 3.35. The maximum absolute atomic E-state index is 12.2. The number of benzene rings is 1. The molecule has 1 aromatic carbocycles. The molecule has 0 aliphatic rings. The van der Waals surface area contributed by atoms with Crippen LogP contribution < -0.4 is 4.72 Å². The first-order valence-electron chi connectivity index (χ1n) is 6.09. The van der Waals surface area contributed by atoms with Gasteiger partial charge in [-0.25, -0.2) is 13.1 Å². The van der Waals surface area contributed by atoms with Crippen molar-refractivity contribution in [3.63, 3.8) is 0 Å². The van der Waals surface area contributed by atoms with Gasteiger partial charge in [0.15, 0.2) is 0 Å². The number of aryl methyl sites for hydroxylation is 1. The molecule has 1 aromatic rings. The molecule has 3 N–H and O–H groups in total. The molecule has 21 heavy (non-hydrogen) atoms. The lowest BCUT2D eigenvalue weighted by Gasteiger charge is -2.21. The summed E-state index contributed by atoms with van der Waals surface area (Å²) in [6.07, 6.45) is 0. The van der Waals surface area contributed by atoms with Crippen LogP contribution in [0.1, 0.15) is 18.1 Å². The first-order chi connectivity index (χ1) is 9.50. The molecule has 0 radical (unpaired) electrons. The van der Waals surface area contributed by atoms with Crippen molar-refractivity contribution >= 4 is 15.7 Å². The fourth-order valence-electron chi connectivity index (χ4n) is 1.58. The minimum absolute atomic E-state index is 0.220. The number of rotatable bonds is 6. The zero-order valence-electron chi connectivity index (χ0n) is 12.0. The largest absolute Gasteiger partial charge is 0.393 e. The lowest BCUT2D eigenvalue weighted by atomic mass is 10.1. The molecule has 1 rings (SSSR count). The third-order valence-corrected chi connectivity index (χ3v) is 4.62. The Hall–Kier alpha value is -1.55. The molecule has 0 heterocycles. The van der Waals surface area contributed by atoms with E-state index in [0.717, 1.165) is 6.07 Å². The molecule has 0 aliphatic carbocycles. The Labute approximate surface area is 122 Å². The van der Waals surface area contributed by atoms with E-state index in [1.165, 1.54) is 19.9 Å². The van der Waals surface area contributed by atoms with Gasteiger partial charge in [-0.1, -0.05) is 0 Å². The standard InChI is InChI=1S/C12H18N2O6S/c1-8-4-10(14(17)18)5-11(9(8)2)21(19,20)13-6-12(3,16)7-15/h4-5,13,15-16H,6-7H2,1-3H3. The quantitative estimate of drug-likeness (QED) is 0.508. The minimum atomic E-state index is -4.04. The van der Waals surface area contributed by atoms with Crippen molar-refractivity contribution in [2.75, 3.05) is 13.2 Å². The summed E-state index contributed by atoms with van der Waals surface area (Å²) in [4.78, 5) is 9.93. The lowest BCUT2D eigenvalue weighted by Crippen LogP contribution is -2.43. The number of nitrogens with zero attached hydrogens (tertiary/aromatic N) is 1. The molecule has 118 valence electrons. The number of sulfonamides is 1. The molecule has 9 heteroatoms. The summed E-state index contributed by atoms with van der Waals surface area (Å²) < 4.78 is 26.6. The Morgan fingerprint density at radius 2 is 1.95 bits per heavy atom. The van der Waals surface area contributed by atoms with Crippen LogP contribution in [0.2, 0.25) is 0 Å². The Bertz CT molecular complexity index is 654. The van der Waals surface area contributed by atoms with Crippen LogP contribution in [0.3, 0.4) is 0 Å². The highest BCUT2D eigenvalue weighted by atomic mass is 32.2. The maximum atomic E-state index is 12.2. The van der Waals surface area contributed by atoms with Crippen LogP contribution in [0.5, 0.6) is 0 Å². The number of hydrogen-bond donors (Lipinski definition) is 3. The third kappa shape index (κ3) is 4.21. The van der Waals surface area contributed by atoms with Crippen molar-refractivity contribution < 1.29 is 23.6 Å². The molecule has 0 amide bonds. The number of nitro benzene ring substituents is 1. The fraction of sp³-hybridized carbons (Fsp3) is 0.500. The van der Waals surface area contributed by atoms with Crippen molar-refractivity contribution in [1.82, 2.24) is 4.72 Å². The van der Waals surface area contributed by atoms with E-state index in [2.05, 4.69) is 4.72 Å². The highest BCUT2D eigenvalue weighted by Crippen LogP contribution is 2.25. The molecule has 8 nitrogen and oxygen atoms in total. The second-order valence-electron chi connectivity index (χ2n) is 5.12. The van der Waals surface area contributed by atoms with Crippen molar-refractivity contribution in [3.05, 3.63) is 33.4 Å². The van der Waals surface area contributed by atoms with Crippen LogP contribution in [0, 0.1) is 24.0 Å². The van der Waals surface area contributed by atoms with Gasteiger partial charge >= 0.3 is 0 Å². The van der Waals surface area contributed by atoms with E-state index >= 15 is 0 Å². The molecular formula is C12H18N2O6S. The molecular weight excluding hydrogens is 300 g/mol. The Kier molecular flexibility index (Phi) is 5.05. The average Bonchev–Trinajstić information content (AvgIpc) is 2.39. The van der Waals surface area contributed by atoms with Gasteiger partial charge in [0.2, 0.25) is 10.0 Å². The summed E-state index contributed by atoms with van der Waals surface area (Å²) in [7, 11) is -4.04. The van der Waals surface area contributed by atoms with Gasteiger partial charge in [0.25, 0.3) is 5.69 Å². The second kappa shape index (κ2) is 6.06. The van der Waals surface area contributed by atoms with Crippen LogP contribution in [-0.2, 0) is 10.0 Å². The molecule has 0 fully saturated rings. The first-order valence-corrected chi connectivity index (χ1v) is 7.57. The highest BCUT2D eigenvalue weighted by molar-refractivity contribution is 7.89. The van der Waals surface area contributed by atoms with Gasteiger partial charge in [0, 0.05) is 18.7 Å². The summed E-state index contributed by atoms with van der Waals surface area (Å²) in [5.41, 5.74) is -1.08. The van der Waals surface area contributed by atoms with Gasteiger partial charge in [-0.3, -0.25) is 10.1 Å². The van der Waals surface area contributed by atoms with Gasteiger partial charge in [-0.05, 0) is 31.9 Å². The summed E-state index contributed by atoms with van der Waals surface area (Å²) in [5.74, 6) is 0. The second-order valence-corrected chi connectivity index (χ2v) is 6.86. The minimum Gasteiger partial charge on any atom is -0.393 e. The number of non-ortho nitro benzene ring substituents is 1. The Morgan fingerprint density at radius 1 is 1.38 bits per heavy atom. The van der Waals surface area contributed by atoms with Crippen molar-refractivity contribution in [3.8, 4) is 0 Å². The van der Waals surface area contributed by atoms with E-state index in [1.54, 1.807) is 6.92 Å². The van der Waals surface area contributed by atoms with Crippen LogP contribution in [0.15, 0.2) is 17.0 Å². The monoisotopic (exact) mass is 318 g/mol. The van der Waals surface area contributed by atoms with E-state index in [4.69, 9.17) is 5.11 Å². The number of hydrogen-bond acceptors (Lipinski definition) is 6. The molecule has 0 saturated carbocycles. The van der Waals surface area contributed by atoms with Crippen molar-refractivity contribution in [2.45, 2.75) is 31.3 Å². The molecule has 0 aliphatic heterocycles. The van der Waals surface area contributed by atoms with Crippen molar-refractivity contribution in [2.24, 2.45) is 0 Å². The van der Waals surface area contributed by atoms with Crippen LogP contribution >= 0.6 is 0 Å². The SMILES string of the molecule is Cc1cc([N+](=O)[O-])cc(S(=O)(=O)NCC(C)(O)CO)c1C. The van der Waals surface area contributed by atoms with Crippen molar-refractivity contribution in [1.29, 1.82) is 0 Å². The topological polar surface area (TPSA) is 130 Å². The average molecular weight is 318 g/mol. The Morgan fingerprint density at radius 3 is 2.43 bits per heavy atom. The Balaban J connectivity index is 3.22. The molecule has 0 aromatic heterocycles. The predicted molar refractivity (Wildman–Crippen MR) is 75.5 cm³/mol. The predicted octanol–water partition coefficient (Wildman–Crippen LogP) is 0.233. The fourth-order valence-corrected chi connectivity index (χ4v) is 3.07. The van der Waals surface area contributed by atoms with E-state index in [0.29, 0.717) is 11.1 Å². The maximum Gasteiger partial charge on any atom is 0.271 e. The van der Waals surface area contributed by atoms with E-state index in [1.807, 2.05) is 0 Å². The lowest BCUT2D eigenvalue weighted by molar-refractivity contribution is -0.385. The normalized spacial score (nSPS) is 14.7. The number of nitro groups is 1. The van der Waals surface area contributed by atoms with Crippen LogP contribution in [0.25, 0.3) is 0 Å². The van der Waals surface area contributed by atoms with Gasteiger partial charge in [-0.2, -0.15) is 0 Å². The zero-order chi connectivity index (χ0) is 16.4. The van der Waals surface area contributed by atoms with E-state index in [9.17, 15) is 23.6 Å². The molecule has 1 unspecified atom stereocenters. The highest BCUT2D eigenvalue weighted by Gasteiger charge is 2.26. The number of aliphatic hydroxyl groups excluding tert-OH is 1. The number of nitrogens with one attached hydrogen (secondary N) is 1. The molecule has 0 spiro atoms. The van der Waals surface area contributed by atoms with E-state index < -0.39 is 33.7 Å². The van der Waals surface area contributed by atoms with Gasteiger partial charge in [-0.15, -0.1) is 0 Å². The summed E-state index contributed by atoms with van der Waals surface area (Å²) in [6, 6.07) is 2.26. The third-order valence-electron chi connectivity index (χ3n) is 3.09. The van der Waals surface area contributed by atoms with Gasteiger partial charge in [0.05, 0.1) is 22.0 Å². The smallest absolute Gasteiger partial charge is 0.271 e. The zero-order valence-corrected chi connectivity index (χ0v) is 12.8. The first kappa shape index (κ1) is 17.5. The molecule has 1 atom stereocenters. The number of aliphatic hydroxyl groups is 2. The summed E-state index contributed by atoms with van der Waals surface area (Å²) >= 11 is 0. The van der Waals surface area contributed by atoms with E-state index in [-0.39, 0.29) is 10.6 Å².